The van der Waals surface area contributed by atoms with E-state index in [-0.39, 0.29) is 46.2 Å². The van der Waals surface area contributed by atoms with E-state index in [9.17, 15) is 39.0 Å². The number of rotatable bonds is 11. The maximum absolute atomic E-state index is 13.0. The van der Waals surface area contributed by atoms with Gasteiger partial charge >= 0.3 is 23.9 Å². The number of carbonyl (C=O) groups excluding carboxylic acids is 5. The lowest BCUT2D eigenvalue weighted by Crippen LogP contribution is -2.25. The molecule has 13 heteroatoms. The largest absolute Gasteiger partial charge is 0.504 e. The molecule has 0 saturated heterocycles. The van der Waals surface area contributed by atoms with Gasteiger partial charge < -0.3 is 35.1 Å². The minimum atomic E-state index is -1.41. The fraction of sp³-hybridized carbons (Fsp3) is 0.143. The number of carboxylic acid groups (broad SMARTS) is 1. The molecule has 2 amide bonds. The Kier molecular flexibility index (Phi) is 11.1. The molecule has 0 spiro atoms. The number of hydrogen-bond acceptors (Lipinski definition) is 10. The SMILES string of the molecule is C=C/C(=C\C(=C/CNC(=O)c1cccc(OC(C)=O)c1O)C(=O)O)NC(=O)c1cccc(OC(C)=O)c1OC(C)=O. The van der Waals surface area contributed by atoms with E-state index in [2.05, 4.69) is 17.2 Å². The number of carbonyl (C=O) groups is 6. The van der Waals surface area contributed by atoms with Crippen molar-refractivity contribution in [2.24, 2.45) is 0 Å². The topological polar surface area (TPSA) is 195 Å². The summed E-state index contributed by atoms with van der Waals surface area (Å²) in [7, 11) is 0. The Hall–Kier alpha value is -5.72. The van der Waals surface area contributed by atoms with Crippen molar-refractivity contribution in [3.05, 3.63) is 83.6 Å². The van der Waals surface area contributed by atoms with Gasteiger partial charge in [-0.1, -0.05) is 24.8 Å². The van der Waals surface area contributed by atoms with Crippen molar-refractivity contribution in [2.75, 3.05) is 6.54 Å². The van der Waals surface area contributed by atoms with Gasteiger partial charge in [0.2, 0.25) is 0 Å². The number of esters is 3. The van der Waals surface area contributed by atoms with Gasteiger partial charge in [-0.3, -0.25) is 24.0 Å². The van der Waals surface area contributed by atoms with Crippen LogP contribution in [-0.2, 0) is 19.2 Å². The predicted molar refractivity (Wildman–Crippen MR) is 142 cm³/mol. The highest BCUT2D eigenvalue weighted by molar-refractivity contribution is 6.00. The third-order valence-electron chi connectivity index (χ3n) is 4.84. The van der Waals surface area contributed by atoms with E-state index in [1.807, 2.05) is 0 Å². The fourth-order valence-electron chi connectivity index (χ4n) is 3.19. The van der Waals surface area contributed by atoms with Gasteiger partial charge in [-0.25, -0.2) is 4.79 Å². The van der Waals surface area contributed by atoms with Gasteiger partial charge in [0, 0.05) is 33.0 Å². The van der Waals surface area contributed by atoms with Gasteiger partial charge in [-0.05, 0) is 36.4 Å². The maximum Gasteiger partial charge on any atom is 0.335 e. The summed E-state index contributed by atoms with van der Waals surface area (Å²) in [5, 5.41) is 24.6. The van der Waals surface area contributed by atoms with Gasteiger partial charge in [-0.2, -0.15) is 0 Å². The van der Waals surface area contributed by atoms with Gasteiger partial charge in [0.25, 0.3) is 11.8 Å². The molecule has 0 aliphatic heterocycles. The zero-order valence-electron chi connectivity index (χ0n) is 22.2. The van der Waals surface area contributed by atoms with E-state index < -0.39 is 41.4 Å². The smallest absolute Gasteiger partial charge is 0.335 e. The van der Waals surface area contributed by atoms with Crippen LogP contribution in [0.5, 0.6) is 23.0 Å². The van der Waals surface area contributed by atoms with Gasteiger partial charge in [0.15, 0.2) is 23.0 Å². The molecule has 0 radical (unpaired) electrons. The van der Waals surface area contributed by atoms with Crippen molar-refractivity contribution in [3.8, 4) is 23.0 Å². The Morgan fingerprint density at radius 3 is 1.95 bits per heavy atom. The summed E-state index contributed by atoms with van der Waals surface area (Å²) in [6.07, 6.45) is 3.32. The van der Waals surface area contributed by atoms with Crippen LogP contribution in [0, 0.1) is 0 Å². The van der Waals surface area contributed by atoms with Crippen LogP contribution >= 0.6 is 0 Å². The van der Waals surface area contributed by atoms with Crippen molar-refractivity contribution in [3.63, 3.8) is 0 Å². The van der Waals surface area contributed by atoms with Crippen molar-refractivity contribution < 1.29 is 53.2 Å². The molecule has 0 aromatic heterocycles. The van der Waals surface area contributed by atoms with Crippen LogP contribution in [0.2, 0.25) is 0 Å². The highest BCUT2D eigenvalue weighted by Crippen LogP contribution is 2.32. The third kappa shape index (κ3) is 9.21. The second-order valence-electron chi connectivity index (χ2n) is 8.00. The average Bonchev–Trinajstić information content (AvgIpc) is 2.88. The molecule has 2 rings (SSSR count). The maximum atomic E-state index is 13.0. The van der Waals surface area contributed by atoms with Gasteiger partial charge in [0.1, 0.15) is 0 Å². The summed E-state index contributed by atoms with van der Waals surface area (Å²) >= 11 is 0. The number of benzene rings is 2. The van der Waals surface area contributed by atoms with Crippen LogP contribution in [0.15, 0.2) is 72.5 Å². The highest BCUT2D eigenvalue weighted by atomic mass is 16.6. The summed E-state index contributed by atoms with van der Waals surface area (Å²) in [6, 6.07) is 7.91. The number of nitrogens with one attached hydrogen (secondary N) is 2. The summed E-state index contributed by atoms with van der Waals surface area (Å²) in [6.45, 7) is 6.56. The molecule has 0 atom stereocenters. The van der Waals surface area contributed by atoms with Gasteiger partial charge in [0.05, 0.1) is 16.7 Å². The normalized spacial score (nSPS) is 11.1. The van der Waals surface area contributed by atoms with E-state index in [0.29, 0.717) is 0 Å². The lowest BCUT2D eigenvalue weighted by Gasteiger charge is -2.14. The summed E-state index contributed by atoms with van der Waals surface area (Å²) < 4.78 is 14.9. The molecular formula is C28H26N2O11. The third-order valence-corrected chi connectivity index (χ3v) is 4.84. The number of amides is 2. The average molecular weight is 567 g/mol. The number of aromatic hydroxyl groups is 1. The molecule has 4 N–H and O–H groups in total. The zero-order chi connectivity index (χ0) is 30.7. The number of aliphatic carboxylic acids is 1. The Morgan fingerprint density at radius 1 is 0.829 bits per heavy atom. The minimum Gasteiger partial charge on any atom is -0.504 e. The Morgan fingerprint density at radius 2 is 1.39 bits per heavy atom. The van der Waals surface area contributed by atoms with E-state index in [4.69, 9.17) is 14.2 Å². The van der Waals surface area contributed by atoms with E-state index >= 15 is 0 Å². The number of ether oxygens (including phenoxy) is 3. The molecule has 214 valence electrons. The lowest BCUT2D eigenvalue weighted by atomic mass is 10.1. The number of phenols is 1. The van der Waals surface area contributed by atoms with E-state index in [1.54, 1.807) is 0 Å². The van der Waals surface area contributed by atoms with Crippen LogP contribution in [0.25, 0.3) is 0 Å². The molecule has 0 aliphatic rings. The molecular weight excluding hydrogens is 540 g/mol. The van der Waals surface area contributed by atoms with Gasteiger partial charge in [-0.15, -0.1) is 0 Å². The van der Waals surface area contributed by atoms with Crippen LogP contribution in [0.3, 0.4) is 0 Å². The molecule has 13 nitrogen and oxygen atoms in total. The first kappa shape index (κ1) is 31.5. The second kappa shape index (κ2) is 14.4. The second-order valence-corrected chi connectivity index (χ2v) is 8.00. The predicted octanol–water partition coefficient (Wildman–Crippen LogP) is 2.41. The summed E-state index contributed by atoms with van der Waals surface area (Å²) in [4.78, 5) is 71.4. The highest BCUT2D eigenvalue weighted by Gasteiger charge is 2.21. The van der Waals surface area contributed by atoms with Crippen molar-refractivity contribution in [1.29, 1.82) is 0 Å². The number of allylic oxidation sites excluding steroid dienone is 1. The lowest BCUT2D eigenvalue weighted by molar-refractivity contribution is -0.134. The van der Waals surface area contributed by atoms with E-state index in [1.165, 1.54) is 36.4 Å². The molecule has 0 saturated carbocycles. The molecule has 0 fully saturated rings. The first-order chi connectivity index (χ1) is 19.3. The first-order valence-electron chi connectivity index (χ1n) is 11.7. The molecule has 0 heterocycles. The Labute approximate surface area is 233 Å². The molecule has 0 unspecified atom stereocenters. The van der Waals surface area contributed by atoms with Crippen LogP contribution in [0.4, 0.5) is 0 Å². The molecule has 0 bridgehead atoms. The van der Waals surface area contributed by atoms with Crippen LogP contribution in [-0.4, -0.2) is 52.4 Å². The Balaban J connectivity index is 2.27. The summed E-state index contributed by atoms with van der Waals surface area (Å²) in [5.41, 5.74) is -0.848. The van der Waals surface area contributed by atoms with Crippen molar-refractivity contribution in [2.45, 2.75) is 20.8 Å². The molecule has 2 aromatic rings. The van der Waals surface area contributed by atoms with Crippen molar-refractivity contribution in [1.82, 2.24) is 10.6 Å². The van der Waals surface area contributed by atoms with Crippen LogP contribution in [0.1, 0.15) is 41.5 Å². The zero-order valence-corrected chi connectivity index (χ0v) is 22.2. The summed E-state index contributed by atoms with van der Waals surface area (Å²) in [5.74, 6) is -6.58. The first-order valence-corrected chi connectivity index (χ1v) is 11.7. The number of carboxylic acids is 1. The quantitative estimate of drug-likeness (QED) is 0.135. The van der Waals surface area contributed by atoms with Crippen LogP contribution < -0.4 is 24.8 Å². The van der Waals surface area contributed by atoms with Crippen molar-refractivity contribution >= 4 is 35.7 Å². The molecule has 0 aliphatic carbocycles. The van der Waals surface area contributed by atoms with E-state index in [0.717, 1.165) is 39.0 Å². The monoisotopic (exact) mass is 566 g/mol. The molecule has 41 heavy (non-hydrogen) atoms. The fourth-order valence-corrected chi connectivity index (χ4v) is 3.19. The number of phenolic OH excluding ortho intramolecular Hbond substituents is 1. The number of hydrogen-bond donors (Lipinski definition) is 4. The number of para-hydroxylation sites is 2. The standard InChI is InChI=1S/C28H26N2O11/c1-5-19(30-27(36)21-9-7-11-23(40-16(3)32)25(21)41-17(4)33)14-18(28(37)38)12-13-29-26(35)20-8-6-10-22(24(20)34)39-15(2)31/h5-12,14,34H,1,13H2,2-4H3,(H,29,35)(H,30,36)(H,37,38)/b18-12+,19-14+. The Bertz CT molecular complexity index is 1470. The minimum absolute atomic E-state index is 0.0756. The molecule has 2 aromatic carbocycles.